The average molecular weight is 324 g/mol. The molecule has 2 aromatic rings. The van der Waals surface area contributed by atoms with Crippen molar-refractivity contribution in [2.45, 2.75) is 33.6 Å². The van der Waals surface area contributed by atoms with E-state index < -0.39 is 0 Å². The van der Waals surface area contributed by atoms with Gasteiger partial charge in [-0.15, -0.1) is 0 Å². The van der Waals surface area contributed by atoms with Gasteiger partial charge in [0.25, 0.3) is 5.91 Å². The first-order chi connectivity index (χ1) is 11.5. The quantitative estimate of drug-likeness (QED) is 0.937. The first-order valence-corrected chi connectivity index (χ1v) is 8.48. The zero-order valence-electron chi connectivity index (χ0n) is 14.5. The Balaban J connectivity index is 1.69. The molecular formula is C19H24N4O. The van der Waals surface area contributed by atoms with Crippen LogP contribution in [-0.2, 0) is 0 Å². The van der Waals surface area contributed by atoms with E-state index in [9.17, 15) is 4.79 Å². The third-order valence-electron chi connectivity index (χ3n) is 4.33. The van der Waals surface area contributed by atoms with Crippen molar-refractivity contribution in [2.75, 3.05) is 23.3 Å². The second-order valence-corrected chi connectivity index (χ2v) is 6.78. The summed E-state index contributed by atoms with van der Waals surface area (Å²) in [7, 11) is 0. The molecule has 1 fully saturated rings. The minimum Gasteiger partial charge on any atom is -0.355 e. The average Bonchev–Trinajstić information content (AvgIpc) is 2.54. The van der Waals surface area contributed by atoms with Crippen LogP contribution in [0.4, 0.5) is 11.5 Å². The molecule has 1 unspecified atom stereocenters. The highest BCUT2D eigenvalue weighted by Crippen LogP contribution is 2.20. The van der Waals surface area contributed by atoms with Crippen molar-refractivity contribution in [1.82, 2.24) is 9.97 Å². The number of anilines is 2. The molecule has 3 rings (SSSR count). The molecule has 1 aromatic carbocycles. The third-order valence-corrected chi connectivity index (χ3v) is 4.33. The Bertz CT molecular complexity index is 706. The molecule has 0 aliphatic carbocycles. The van der Waals surface area contributed by atoms with Gasteiger partial charge in [-0.3, -0.25) is 4.79 Å². The lowest BCUT2D eigenvalue weighted by Gasteiger charge is -2.31. The molecule has 1 amide bonds. The van der Waals surface area contributed by atoms with E-state index >= 15 is 0 Å². The number of hydrogen-bond acceptors (Lipinski definition) is 4. The number of benzene rings is 1. The van der Waals surface area contributed by atoms with E-state index in [0.29, 0.717) is 11.6 Å². The van der Waals surface area contributed by atoms with Gasteiger partial charge < -0.3 is 10.2 Å². The van der Waals surface area contributed by atoms with Crippen LogP contribution in [0.3, 0.4) is 0 Å². The summed E-state index contributed by atoms with van der Waals surface area (Å²) >= 11 is 0. The van der Waals surface area contributed by atoms with E-state index in [2.05, 4.69) is 33.2 Å². The van der Waals surface area contributed by atoms with Gasteiger partial charge in [0, 0.05) is 18.8 Å². The number of carbonyl (C=O) groups excluding carboxylic acids is 1. The standard InChI is InChI=1S/C19H24N4O/c1-13-5-4-6-23(12-13)18-11-20-17(10-21-18)19(24)22-16-8-14(2)7-15(3)9-16/h7-11,13H,4-6,12H2,1-3H3,(H,22,24). The third kappa shape index (κ3) is 3.91. The van der Waals surface area contributed by atoms with Crippen LogP contribution in [0.15, 0.2) is 30.6 Å². The maximum atomic E-state index is 12.3. The van der Waals surface area contributed by atoms with Crippen LogP contribution in [0.2, 0.25) is 0 Å². The summed E-state index contributed by atoms with van der Waals surface area (Å²) in [6, 6.07) is 5.97. The molecular weight excluding hydrogens is 300 g/mol. The number of aromatic nitrogens is 2. The van der Waals surface area contributed by atoms with Crippen molar-refractivity contribution in [2.24, 2.45) is 5.92 Å². The maximum Gasteiger partial charge on any atom is 0.275 e. The van der Waals surface area contributed by atoms with E-state index in [1.54, 1.807) is 12.4 Å². The zero-order valence-corrected chi connectivity index (χ0v) is 14.5. The van der Waals surface area contributed by atoms with Crippen molar-refractivity contribution in [3.8, 4) is 0 Å². The van der Waals surface area contributed by atoms with Gasteiger partial charge in [-0.1, -0.05) is 13.0 Å². The second-order valence-electron chi connectivity index (χ2n) is 6.78. The van der Waals surface area contributed by atoms with Crippen LogP contribution in [0.1, 0.15) is 41.4 Å². The zero-order chi connectivity index (χ0) is 17.1. The Morgan fingerprint density at radius 2 is 1.92 bits per heavy atom. The van der Waals surface area contributed by atoms with Crippen LogP contribution in [0.5, 0.6) is 0 Å². The van der Waals surface area contributed by atoms with Gasteiger partial charge in [-0.25, -0.2) is 9.97 Å². The molecule has 126 valence electrons. The van der Waals surface area contributed by atoms with Gasteiger partial charge in [0.1, 0.15) is 11.5 Å². The van der Waals surface area contributed by atoms with Crippen molar-refractivity contribution in [3.63, 3.8) is 0 Å². The molecule has 2 heterocycles. The summed E-state index contributed by atoms with van der Waals surface area (Å²) in [6.45, 7) is 8.29. The fourth-order valence-electron chi connectivity index (χ4n) is 3.24. The minimum atomic E-state index is -0.230. The molecule has 0 spiro atoms. The highest BCUT2D eigenvalue weighted by molar-refractivity contribution is 6.02. The maximum absolute atomic E-state index is 12.3. The van der Waals surface area contributed by atoms with E-state index in [4.69, 9.17) is 0 Å². The van der Waals surface area contributed by atoms with E-state index in [1.165, 1.54) is 12.8 Å². The van der Waals surface area contributed by atoms with Crippen LogP contribution >= 0.6 is 0 Å². The number of nitrogens with zero attached hydrogens (tertiary/aromatic N) is 3. The largest absolute Gasteiger partial charge is 0.355 e. The Labute approximate surface area is 143 Å². The van der Waals surface area contributed by atoms with Crippen LogP contribution in [-0.4, -0.2) is 29.0 Å². The van der Waals surface area contributed by atoms with Gasteiger partial charge in [0.05, 0.1) is 12.4 Å². The van der Waals surface area contributed by atoms with Gasteiger partial charge in [0.15, 0.2) is 0 Å². The van der Waals surface area contributed by atoms with Gasteiger partial charge >= 0.3 is 0 Å². The molecule has 5 heteroatoms. The van der Waals surface area contributed by atoms with Crippen LogP contribution in [0.25, 0.3) is 0 Å². The monoisotopic (exact) mass is 324 g/mol. The Morgan fingerprint density at radius 3 is 2.54 bits per heavy atom. The molecule has 0 radical (unpaired) electrons. The summed E-state index contributed by atoms with van der Waals surface area (Å²) in [6.07, 6.45) is 5.71. The fourth-order valence-corrected chi connectivity index (χ4v) is 3.24. The summed E-state index contributed by atoms with van der Waals surface area (Å²) in [5.41, 5.74) is 3.35. The normalized spacial score (nSPS) is 17.6. The Morgan fingerprint density at radius 1 is 1.17 bits per heavy atom. The number of piperidine rings is 1. The molecule has 5 nitrogen and oxygen atoms in total. The molecule has 1 aliphatic rings. The molecule has 0 saturated carbocycles. The van der Waals surface area contributed by atoms with Crippen molar-refractivity contribution < 1.29 is 4.79 Å². The second kappa shape index (κ2) is 6.99. The van der Waals surface area contributed by atoms with Crippen molar-refractivity contribution in [1.29, 1.82) is 0 Å². The van der Waals surface area contributed by atoms with Gasteiger partial charge in [-0.05, 0) is 55.9 Å². The van der Waals surface area contributed by atoms with Gasteiger partial charge in [0.2, 0.25) is 0 Å². The van der Waals surface area contributed by atoms with Crippen molar-refractivity contribution >= 4 is 17.4 Å². The smallest absolute Gasteiger partial charge is 0.275 e. The molecule has 1 aromatic heterocycles. The van der Waals surface area contributed by atoms with Gasteiger partial charge in [-0.2, -0.15) is 0 Å². The number of rotatable bonds is 3. The first kappa shape index (κ1) is 16.4. The van der Waals surface area contributed by atoms with Crippen molar-refractivity contribution in [3.05, 3.63) is 47.4 Å². The number of aryl methyl sites for hydroxylation is 2. The fraction of sp³-hybridized carbons (Fsp3) is 0.421. The Hall–Kier alpha value is -2.43. The molecule has 1 N–H and O–H groups in total. The molecule has 1 saturated heterocycles. The topological polar surface area (TPSA) is 58.1 Å². The van der Waals surface area contributed by atoms with E-state index in [1.807, 2.05) is 26.0 Å². The van der Waals surface area contributed by atoms with Crippen LogP contribution < -0.4 is 10.2 Å². The first-order valence-electron chi connectivity index (χ1n) is 8.48. The number of nitrogens with one attached hydrogen (secondary N) is 1. The number of amides is 1. The molecule has 0 bridgehead atoms. The number of hydrogen-bond donors (Lipinski definition) is 1. The summed E-state index contributed by atoms with van der Waals surface area (Å²) in [5.74, 6) is 1.30. The number of carbonyl (C=O) groups is 1. The summed E-state index contributed by atoms with van der Waals surface area (Å²) in [5, 5.41) is 2.89. The molecule has 24 heavy (non-hydrogen) atoms. The summed E-state index contributed by atoms with van der Waals surface area (Å²) in [4.78, 5) is 23.3. The predicted octanol–water partition coefficient (Wildman–Crippen LogP) is 3.58. The van der Waals surface area contributed by atoms with E-state index in [0.717, 1.165) is 35.7 Å². The minimum absolute atomic E-state index is 0.230. The lowest BCUT2D eigenvalue weighted by molar-refractivity contribution is 0.102. The highest BCUT2D eigenvalue weighted by atomic mass is 16.1. The predicted molar refractivity (Wildman–Crippen MR) is 96.5 cm³/mol. The van der Waals surface area contributed by atoms with E-state index in [-0.39, 0.29) is 5.91 Å². The molecule has 1 aliphatic heterocycles. The van der Waals surface area contributed by atoms with Crippen LogP contribution in [0, 0.1) is 19.8 Å². The summed E-state index contributed by atoms with van der Waals surface area (Å²) < 4.78 is 0. The lowest BCUT2D eigenvalue weighted by atomic mass is 10.0. The Kier molecular flexibility index (Phi) is 4.79. The SMILES string of the molecule is Cc1cc(C)cc(NC(=O)c2cnc(N3CCCC(C)C3)cn2)c1. The molecule has 1 atom stereocenters. The highest BCUT2D eigenvalue weighted by Gasteiger charge is 2.18. The lowest BCUT2D eigenvalue weighted by Crippen LogP contribution is -2.35.